The van der Waals surface area contributed by atoms with E-state index in [0.29, 0.717) is 45.5 Å². The number of carboxylic acids is 1. The molecule has 0 spiro atoms. The number of thiol groups is 1. The molecule has 0 bridgehead atoms. The highest BCUT2D eigenvalue weighted by atomic mass is 32.1. The Bertz CT molecular complexity index is 1700. The van der Waals surface area contributed by atoms with E-state index >= 15 is 0 Å². The maximum absolute atomic E-state index is 12.4. The highest BCUT2D eigenvalue weighted by Crippen LogP contribution is 2.42. The lowest BCUT2D eigenvalue weighted by Crippen LogP contribution is -2.71. The summed E-state index contributed by atoms with van der Waals surface area (Å²) < 4.78 is 5.85. The summed E-state index contributed by atoms with van der Waals surface area (Å²) in [6.45, 7) is 0.347. The van der Waals surface area contributed by atoms with Crippen molar-refractivity contribution in [3.63, 3.8) is 0 Å². The van der Waals surface area contributed by atoms with Crippen LogP contribution in [0.3, 0.4) is 0 Å². The predicted octanol–water partition coefficient (Wildman–Crippen LogP) is 3.98. The van der Waals surface area contributed by atoms with Crippen LogP contribution in [0.1, 0.15) is 27.0 Å². The van der Waals surface area contributed by atoms with Crippen molar-refractivity contribution in [2.45, 2.75) is 12.3 Å². The molecule has 37 heavy (non-hydrogen) atoms. The van der Waals surface area contributed by atoms with E-state index in [1.165, 1.54) is 30.3 Å². The van der Waals surface area contributed by atoms with Crippen LogP contribution in [-0.4, -0.2) is 27.2 Å². The molecule has 0 saturated heterocycles. The second kappa shape index (κ2) is 9.83. The number of benzene rings is 4. The molecule has 0 atom stereocenters. The van der Waals surface area contributed by atoms with E-state index in [-0.39, 0.29) is 28.4 Å². The lowest BCUT2D eigenvalue weighted by atomic mass is 9.90. The third kappa shape index (κ3) is 4.79. The van der Waals surface area contributed by atoms with Gasteiger partial charge in [-0.15, -0.1) is 0 Å². The molecular weight excluding hydrogens is 490 g/mol. The van der Waals surface area contributed by atoms with Gasteiger partial charge in [0.25, 0.3) is 0 Å². The first-order valence-electron chi connectivity index (χ1n) is 11.4. The largest absolute Gasteiger partial charge is 0.508 e. The average Bonchev–Trinajstić information content (AvgIpc) is 2.90. The standard InChI is InChI=1S/C29H21NO6S/c31-19-6-9-22-25(12-19)36-26-13-20(32)7-10-23(26)27(22)21-8-5-18(11-24(21)29(34)35)28(33)30-14-16-1-3-17(15-37)4-2-16/h1-13,31,37H,14-15H2,(H,30,33)(H,34,35)/p+1. The van der Waals surface area contributed by atoms with Crippen molar-refractivity contribution in [2.24, 2.45) is 0 Å². The zero-order valence-electron chi connectivity index (χ0n) is 19.4. The maximum atomic E-state index is 12.4. The summed E-state index contributed by atoms with van der Waals surface area (Å²) in [5, 5.41) is 31.3. The molecule has 3 aromatic carbocycles. The van der Waals surface area contributed by atoms with Crippen LogP contribution in [0, 0.1) is 0 Å². The Kier molecular flexibility index (Phi) is 6.42. The minimum atomic E-state index is -1.19. The number of hydrogen-bond acceptors (Lipinski definition) is 5. The summed E-state index contributed by atoms with van der Waals surface area (Å²) >= 11 is 4.25. The number of nitrogens with one attached hydrogen (secondary N) is 1. The normalized spacial score (nSPS) is 11.8. The highest BCUT2D eigenvalue weighted by molar-refractivity contribution is 7.79. The van der Waals surface area contributed by atoms with E-state index in [2.05, 4.69) is 17.6 Å². The SMILES string of the molecule is O=C(O)c1cc(C(O)=[NH+]Cc2ccc(CS)cc2)ccc1-c1c2ccc(=O)cc-2oc2cc(O)ccc12. The van der Waals surface area contributed by atoms with Gasteiger partial charge in [-0.25, -0.2) is 9.79 Å². The molecule has 5 rings (SSSR count). The molecule has 184 valence electrons. The van der Waals surface area contributed by atoms with Gasteiger partial charge in [-0.1, -0.05) is 30.3 Å². The molecule has 0 aromatic heterocycles. The van der Waals surface area contributed by atoms with Gasteiger partial charge in [-0.05, 0) is 47.5 Å². The van der Waals surface area contributed by atoms with Gasteiger partial charge >= 0.3 is 11.9 Å². The summed E-state index contributed by atoms with van der Waals surface area (Å²) in [5.41, 5.74) is 3.79. The van der Waals surface area contributed by atoms with E-state index in [1.807, 2.05) is 24.3 Å². The van der Waals surface area contributed by atoms with Crippen molar-refractivity contribution >= 4 is 35.5 Å². The van der Waals surface area contributed by atoms with Crippen molar-refractivity contribution in [3.05, 3.63) is 111 Å². The van der Waals surface area contributed by atoms with Crippen molar-refractivity contribution in [1.29, 1.82) is 0 Å². The number of carboxylic acid groups (broad SMARTS) is 1. The van der Waals surface area contributed by atoms with E-state index < -0.39 is 5.97 Å². The molecule has 1 heterocycles. The zero-order chi connectivity index (χ0) is 26.1. The van der Waals surface area contributed by atoms with Crippen LogP contribution in [0.15, 0.2) is 88.1 Å². The monoisotopic (exact) mass is 512 g/mol. The number of hydrogen-bond donors (Lipinski definition) is 5. The average molecular weight is 513 g/mol. The minimum absolute atomic E-state index is 0.0282. The van der Waals surface area contributed by atoms with E-state index in [9.17, 15) is 24.9 Å². The Labute approximate surface area is 216 Å². The molecule has 0 unspecified atom stereocenters. The molecular formula is C29H22NO6S+. The third-order valence-corrected chi connectivity index (χ3v) is 6.50. The second-order valence-electron chi connectivity index (χ2n) is 8.56. The summed E-state index contributed by atoms with van der Waals surface area (Å²) in [6, 6.07) is 21.2. The summed E-state index contributed by atoms with van der Waals surface area (Å²) in [7, 11) is 0. The number of aliphatic hydroxyl groups is 1. The first-order valence-corrected chi connectivity index (χ1v) is 12.0. The van der Waals surface area contributed by atoms with Crippen molar-refractivity contribution < 1.29 is 29.5 Å². The molecule has 1 aliphatic heterocycles. The Morgan fingerprint density at radius 2 is 1.59 bits per heavy atom. The molecule has 0 fully saturated rings. The summed E-state index contributed by atoms with van der Waals surface area (Å²) in [6.07, 6.45) is 0. The number of aromatic carboxylic acids is 1. The van der Waals surface area contributed by atoms with Gasteiger partial charge in [0.2, 0.25) is 0 Å². The van der Waals surface area contributed by atoms with E-state index in [4.69, 9.17) is 4.42 Å². The topological polar surface area (TPSA) is 122 Å². The van der Waals surface area contributed by atoms with Crippen molar-refractivity contribution in [1.82, 2.24) is 0 Å². The van der Waals surface area contributed by atoms with Crippen LogP contribution in [0.2, 0.25) is 0 Å². The van der Waals surface area contributed by atoms with Crippen molar-refractivity contribution in [2.75, 3.05) is 0 Å². The van der Waals surface area contributed by atoms with Crippen LogP contribution in [-0.2, 0) is 12.3 Å². The van der Waals surface area contributed by atoms with Gasteiger partial charge in [0.1, 0.15) is 17.1 Å². The fourth-order valence-corrected chi connectivity index (χ4v) is 4.50. The zero-order valence-corrected chi connectivity index (χ0v) is 20.3. The van der Waals surface area contributed by atoms with Crippen LogP contribution >= 0.6 is 12.6 Å². The molecule has 2 aliphatic rings. The number of phenolic OH excluding ortho intramolecular Hbond substituents is 1. The van der Waals surface area contributed by atoms with Crippen LogP contribution in [0.25, 0.3) is 33.4 Å². The lowest BCUT2D eigenvalue weighted by molar-refractivity contribution is -0.483. The van der Waals surface area contributed by atoms with Gasteiger partial charge in [0.05, 0.1) is 11.1 Å². The van der Waals surface area contributed by atoms with Crippen LogP contribution < -0.4 is 10.4 Å². The Balaban J connectivity index is 1.63. The Morgan fingerprint density at radius 1 is 0.865 bits per heavy atom. The van der Waals surface area contributed by atoms with Crippen LogP contribution in [0.4, 0.5) is 0 Å². The second-order valence-corrected chi connectivity index (χ2v) is 8.87. The molecule has 0 amide bonds. The van der Waals surface area contributed by atoms with E-state index in [0.717, 1.165) is 11.1 Å². The quantitative estimate of drug-likeness (QED) is 0.102. The molecule has 8 heteroatoms. The summed E-state index contributed by atoms with van der Waals surface area (Å²) in [5.74, 6) is -0.478. The predicted molar refractivity (Wildman–Crippen MR) is 144 cm³/mol. The molecule has 3 aromatic rings. The van der Waals surface area contributed by atoms with Gasteiger partial charge < -0.3 is 19.7 Å². The first kappa shape index (κ1) is 24.1. The van der Waals surface area contributed by atoms with E-state index in [1.54, 1.807) is 24.3 Å². The Hall–Kier alpha value is -4.56. The summed E-state index contributed by atoms with van der Waals surface area (Å²) in [4.78, 5) is 27.3. The fourth-order valence-electron chi connectivity index (χ4n) is 4.29. The number of rotatable bonds is 6. The van der Waals surface area contributed by atoms with Crippen molar-refractivity contribution in [3.8, 4) is 28.2 Å². The third-order valence-electron chi connectivity index (χ3n) is 6.14. The molecule has 4 N–H and O–H groups in total. The first-order chi connectivity index (χ1) is 17.8. The number of aromatic hydroxyl groups is 1. The highest BCUT2D eigenvalue weighted by Gasteiger charge is 2.23. The molecule has 0 radical (unpaired) electrons. The van der Waals surface area contributed by atoms with Crippen LogP contribution in [0.5, 0.6) is 5.75 Å². The Morgan fingerprint density at radius 3 is 2.32 bits per heavy atom. The van der Waals surface area contributed by atoms with Gasteiger partial charge in [-0.2, -0.15) is 12.6 Å². The maximum Gasteiger partial charge on any atom is 0.366 e. The number of phenols is 1. The molecule has 7 nitrogen and oxygen atoms in total. The smallest absolute Gasteiger partial charge is 0.366 e. The number of fused-ring (bicyclic) bond motifs is 2. The lowest BCUT2D eigenvalue weighted by Gasteiger charge is -2.17. The van der Waals surface area contributed by atoms with Gasteiger partial charge in [0, 0.05) is 40.0 Å². The number of carbonyl (C=O) groups is 1. The molecule has 1 aliphatic carbocycles. The number of aliphatic hydroxyl groups excluding tert-OH is 1. The van der Waals surface area contributed by atoms with Gasteiger partial charge in [-0.3, -0.25) is 4.79 Å². The van der Waals surface area contributed by atoms with Gasteiger partial charge in [0.15, 0.2) is 12.0 Å². The molecule has 0 saturated carbocycles. The minimum Gasteiger partial charge on any atom is -0.508 e. The fraction of sp³-hybridized carbons (Fsp3) is 0.0690.